The third kappa shape index (κ3) is 3.22. The van der Waals surface area contributed by atoms with Gasteiger partial charge in [0, 0.05) is 10.4 Å². The van der Waals surface area contributed by atoms with Crippen LogP contribution in [-0.4, -0.2) is 5.71 Å². The number of benzene rings is 2. The normalized spacial score (nSPS) is 23.0. The summed E-state index contributed by atoms with van der Waals surface area (Å²) >= 11 is 3.56. The van der Waals surface area contributed by atoms with Gasteiger partial charge in [-0.25, -0.2) is 0 Å². The van der Waals surface area contributed by atoms with Crippen LogP contribution in [0, 0.1) is 5.92 Å². The van der Waals surface area contributed by atoms with Crippen LogP contribution in [0.5, 0.6) is 0 Å². The van der Waals surface area contributed by atoms with Crippen molar-refractivity contribution in [3.63, 3.8) is 0 Å². The van der Waals surface area contributed by atoms with Crippen molar-refractivity contribution in [3.8, 4) is 0 Å². The van der Waals surface area contributed by atoms with E-state index in [2.05, 4.69) is 81.6 Å². The van der Waals surface area contributed by atoms with Gasteiger partial charge in [-0.3, -0.25) is 5.01 Å². The third-order valence-electron chi connectivity index (χ3n) is 5.59. The summed E-state index contributed by atoms with van der Waals surface area (Å²) in [7, 11) is 0. The van der Waals surface area contributed by atoms with E-state index in [1.54, 1.807) is 6.26 Å². The van der Waals surface area contributed by atoms with Gasteiger partial charge in [0.2, 0.25) is 0 Å². The van der Waals surface area contributed by atoms with Gasteiger partial charge in [0.05, 0.1) is 23.7 Å². The molecular formula is C24H21BrN2O. The lowest BCUT2D eigenvalue weighted by atomic mass is 9.77. The first-order valence-corrected chi connectivity index (χ1v) is 10.5. The second-order valence-corrected chi connectivity index (χ2v) is 8.26. The van der Waals surface area contributed by atoms with E-state index in [0.29, 0.717) is 5.92 Å². The molecule has 140 valence electrons. The molecule has 2 unspecified atom stereocenters. The SMILES string of the molecule is Brc1ccc(C2C3CCCC(=Cc4ccco4)C3=NN2c2ccccc2)cc1. The van der Waals surface area contributed by atoms with E-state index in [0.717, 1.165) is 28.8 Å². The van der Waals surface area contributed by atoms with E-state index >= 15 is 0 Å². The first-order chi connectivity index (χ1) is 13.8. The molecule has 5 rings (SSSR count). The highest BCUT2D eigenvalue weighted by Gasteiger charge is 2.41. The minimum atomic E-state index is 0.214. The molecule has 3 nitrogen and oxygen atoms in total. The molecule has 1 aliphatic heterocycles. The van der Waals surface area contributed by atoms with Gasteiger partial charge in [0.25, 0.3) is 0 Å². The number of allylic oxidation sites excluding steroid dienone is 1. The van der Waals surface area contributed by atoms with Crippen LogP contribution in [0.4, 0.5) is 5.69 Å². The van der Waals surface area contributed by atoms with Gasteiger partial charge in [-0.05, 0) is 72.9 Å². The Bertz CT molecular complexity index is 1010. The standard InChI is InChI=1S/C24H21BrN2O/c25-19-13-11-17(12-14-19)24-22-10-4-6-18(16-21-9-5-15-28-21)23(22)26-27(24)20-7-2-1-3-8-20/h1-3,5,7-9,11-16,22,24H,4,6,10H2. The maximum atomic E-state index is 5.57. The van der Waals surface area contributed by atoms with Crippen molar-refractivity contribution in [2.24, 2.45) is 11.0 Å². The Morgan fingerprint density at radius 1 is 1.00 bits per heavy atom. The number of hydrogen-bond acceptors (Lipinski definition) is 3. The lowest BCUT2D eigenvalue weighted by molar-refractivity contribution is 0.487. The molecule has 1 fully saturated rings. The number of fused-ring (bicyclic) bond motifs is 1. The smallest absolute Gasteiger partial charge is 0.126 e. The molecule has 1 aliphatic carbocycles. The minimum absolute atomic E-state index is 0.214. The van der Waals surface area contributed by atoms with Crippen LogP contribution in [0.15, 0.2) is 92.6 Å². The molecule has 0 saturated heterocycles. The summed E-state index contributed by atoms with van der Waals surface area (Å²) in [6, 6.07) is 23.3. The first-order valence-electron chi connectivity index (χ1n) is 9.72. The Labute approximate surface area is 173 Å². The number of halogens is 1. The van der Waals surface area contributed by atoms with Crippen LogP contribution >= 0.6 is 15.9 Å². The summed E-state index contributed by atoms with van der Waals surface area (Å²) in [5.74, 6) is 1.29. The molecule has 2 heterocycles. The highest BCUT2D eigenvalue weighted by Crippen LogP contribution is 2.46. The van der Waals surface area contributed by atoms with E-state index in [9.17, 15) is 0 Å². The summed E-state index contributed by atoms with van der Waals surface area (Å²) in [4.78, 5) is 0. The fourth-order valence-electron chi connectivity index (χ4n) is 4.33. The molecule has 0 amide bonds. The minimum Gasteiger partial charge on any atom is -0.465 e. The molecule has 2 aromatic carbocycles. The van der Waals surface area contributed by atoms with Crippen molar-refractivity contribution in [2.45, 2.75) is 25.3 Å². The van der Waals surface area contributed by atoms with Crippen LogP contribution < -0.4 is 5.01 Å². The molecule has 0 spiro atoms. The van der Waals surface area contributed by atoms with Crippen molar-refractivity contribution in [1.29, 1.82) is 0 Å². The highest BCUT2D eigenvalue weighted by atomic mass is 79.9. The first kappa shape index (κ1) is 17.5. The summed E-state index contributed by atoms with van der Waals surface area (Å²) in [5, 5.41) is 7.36. The summed E-state index contributed by atoms with van der Waals surface area (Å²) in [6.45, 7) is 0. The molecule has 2 atom stereocenters. The predicted molar refractivity (Wildman–Crippen MR) is 117 cm³/mol. The summed E-state index contributed by atoms with van der Waals surface area (Å²) in [6.07, 6.45) is 7.26. The Hall–Kier alpha value is -2.59. The van der Waals surface area contributed by atoms with Crippen molar-refractivity contribution in [1.82, 2.24) is 0 Å². The second-order valence-electron chi connectivity index (χ2n) is 7.35. The summed E-state index contributed by atoms with van der Waals surface area (Å²) < 4.78 is 6.67. The monoisotopic (exact) mass is 432 g/mol. The molecule has 4 heteroatoms. The quantitative estimate of drug-likeness (QED) is 0.452. The maximum absolute atomic E-state index is 5.57. The van der Waals surface area contributed by atoms with Gasteiger partial charge < -0.3 is 4.42 Å². The van der Waals surface area contributed by atoms with E-state index in [-0.39, 0.29) is 6.04 Å². The summed E-state index contributed by atoms with van der Waals surface area (Å²) in [5.41, 5.74) is 4.94. The van der Waals surface area contributed by atoms with E-state index in [1.807, 2.05) is 12.1 Å². The van der Waals surface area contributed by atoms with Crippen LogP contribution in [0.3, 0.4) is 0 Å². The second kappa shape index (κ2) is 7.44. The molecule has 1 saturated carbocycles. The molecule has 0 radical (unpaired) electrons. The van der Waals surface area contributed by atoms with Crippen LogP contribution in [0.2, 0.25) is 0 Å². The largest absolute Gasteiger partial charge is 0.465 e. The fraction of sp³-hybridized carbons (Fsp3) is 0.208. The molecule has 2 aliphatic rings. The van der Waals surface area contributed by atoms with Crippen LogP contribution in [-0.2, 0) is 0 Å². The van der Waals surface area contributed by atoms with Gasteiger partial charge in [-0.2, -0.15) is 5.10 Å². The Kier molecular flexibility index (Phi) is 4.65. The maximum Gasteiger partial charge on any atom is 0.126 e. The lowest BCUT2D eigenvalue weighted by Crippen LogP contribution is -2.28. The third-order valence-corrected chi connectivity index (χ3v) is 6.12. The number of hydrazone groups is 1. The molecule has 3 aromatic rings. The predicted octanol–water partition coefficient (Wildman–Crippen LogP) is 6.84. The Balaban J connectivity index is 1.60. The van der Waals surface area contributed by atoms with Gasteiger partial charge in [-0.15, -0.1) is 0 Å². The zero-order chi connectivity index (χ0) is 18.9. The lowest BCUT2D eigenvalue weighted by Gasteiger charge is -2.30. The van der Waals surface area contributed by atoms with E-state index in [4.69, 9.17) is 9.52 Å². The van der Waals surface area contributed by atoms with Gasteiger partial charge in [-0.1, -0.05) is 46.3 Å². The molecular weight excluding hydrogens is 412 g/mol. The Morgan fingerprint density at radius 2 is 1.82 bits per heavy atom. The number of rotatable bonds is 3. The van der Waals surface area contributed by atoms with Gasteiger partial charge >= 0.3 is 0 Å². The van der Waals surface area contributed by atoms with Crippen LogP contribution in [0.1, 0.15) is 36.6 Å². The number of furan rings is 1. The van der Waals surface area contributed by atoms with Crippen LogP contribution in [0.25, 0.3) is 6.08 Å². The van der Waals surface area contributed by atoms with Crippen molar-refractivity contribution in [2.75, 3.05) is 5.01 Å². The highest BCUT2D eigenvalue weighted by molar-refractivity contribution is 9.10. The van der Waals surface area contributed by atoms with E-state index in [1.165, 1.54) is 23.3 Å². The Morgan fingerprint density at radius 3 is 2.57 bits per heavy atom. The number of nitrogens with zero attached hydrogens (tertiary/aromatic N) is 2. The zero-order valence-electron chi connectivity index (χ0n) is 15.5. The topological polar surface area (TPSA) is 28.7 Å². The number of hydrogen-bond donors (Lipinski definition) is 0. The number of anilines is 1. The van der Waals surface area contributed by atoms with E-state index < -0.39 is 0 Å². The molecule has 0 N–H and O–H groups in total. The van der Waals surface area contributed by atoms with Gasteiger partial charge in [0.15, 0.2) is 0 Å². The van der Waals surface area contributed by atoms with Gasteiger partial charge in [0.1, 0.15) is 5.76 Å². The molecule has 0 bridgehead atoms. The van der Waals surface area contributed by atoms with Crippen molar-refractivity contribution in [3.05, 3.63) is 94.4 Å². The van der Waals surface area contributed by atoms with Crippen molar-refractivity contribution < 1.29 is 4.42 Å². The fourth-order valence-corrected chi connectivity index (χ4v) is 4.60. The number of para-hydroxylation sites is 1. The zero-order valence-corrected chi connectivity index (χ0v) is 17.0. The average molecular weight is 433 g/mol. The molecule has 28 heavy (non-hydrogen) atoms. The average Bonchev–Trinajstić information content (AvgIpc) is 3.38. The van der Waals surface area contributed by atoms with Crippen molar-refractivity contribution >= 4 is 33.4 Å². The molecule has 1 aromatic heterocycles.